The van der Waals surface area contributed by atoms with E-state index in [9.17, 15) is 9.60 Å². The van der Waals surface area contributed by atoms with E-state index >= 15 is 0 Å². The topological polar surface area (TPSA) is 39.8 Å². The third-order valence-corrected chi connectivity index (χ3v) is 3.00. The average molecular weight is 224 g/mol. The van der Waals surface area contributed by atoms with E-state index in [1.54, 1.807) is 0 Å². The molecule has 0 saturated carbocycles. The van der Waals surface area contributed by atoms with Gasteiger partial charge >= 0.3 is 11.8 Å². The molecule has 1 aliphatic rings. The van der Waals surface area contributed by atoms with Crippen LogP contribution < -0.4 is 4.73 Å². The van der Waals surface area contributed by atoms with E-state index in [0.717, 1.165) is 17.6 Å². The number of hydrogen-bond acceptors (Lipinski definition) is 2. The fourth-order valence-corrected chi connectivity index (χ4v) is 2.14. The summed E-state index contributed by atoms with van der Waals surface area (Å²) in [6, 6.07) is 0. The van der Waals surface area contributed by atoms with Crippen molar-refractivity contribution in [1.29, 1.82) is 0 Å². The van der Waals surface area contributed by atoms with Gasteiger partial charge in [0, 0.05) is 6.42 Å². The quantitative estimate of drug-likeness (QED) is 0.384. The van der Waals surface area contributed by atoms with Gasteiger partial charge in [-0.2, -0.15) is 4.39 Å². The number of nitrogens with zero attached hydrogens (tertiary/aromatic N) is 2. The van der Waals surface area contributed by atoms with Crippen molar-refractivity contribution in [1.82, 2.24) is 4.98 Å². The average Bonchev–Trinajstić information content (AvgIpc) is 2.22. The molecule has 1 heterocycles. The smallest absolute Gasteiger partial charge is 0.328 e. The predicted octanol–water partition coefficient (Wildman–Crippen LogP) is 2.03. The third-order valence-electron chi connectivity index (χ3n) is 3.00. The van der Waals surface area contributed by atoms with Gasteiger partial charge in [0.1, 0.15) is 5.69 Å². The summed E-state index contributed by atoms with van der Waals surface area (Å²) in [5.41, 5.74) is 0.688. The summed E-state index contributed by atoms with van der Waals surface area (Å²) in [5, 5.41) is 12.1. The normalized spacial score (nSPS) is 16.0. The molecule has 0 aliphatic heterocycles. The van der Waals surface area contributed by atoms with Crippen molar-refractivity contribution in [2.75, 3.05) is 0 Å². The van der Waals surface area contributed by atoms with Crippen LogP contribution in [0.1, 0.15) is 50.7 Å². The second-order valence-electron chi connectivity index (χ2n) is 5.40. The summed E-state index contributed by atoms with van der Waals surface area (Å²) in [6.07, 6.45) is 3.21. The molecular formula is C12H17FN2O. The highest BCUT2D eigenvalue weighted by molar-refractivity contribution is 5.19. The van der Waals surface area contributed by atoms with Crippen molar-refractivity contribution in [2.24, 2.45) is 0 Å². The summed E-state index contributed by atoms with van der Waals surface area (Å²) >= 11 is 0. The molecule has 0 radical (unpaired) electrons. The molecule has 0 unspecified atom stereocenters. The van der Waals surface area contributed by atoms with Gasteiger partial charge in [-0.1, -0.05) is 0 Å². The van der Waals surface area contributed by atoms with E-state index in [1.807, 2.05) is 20.8 Å². The number of halogens is 1. The summed E-state index contributed by atoms with van der Waals surface area (Å²) in [6.45, 7) is 5.62. The first-order valence-electron chi connectivity index (χ1n) is 5.72. The Morgan fingerprint density at radius 1 is 1.25 bits per heavy atom. The standard InChI is InChI=1S/C12H17FN2O/c1-12(2,3)11-14-10(13)8-6-4-5-7-9(8)15(11)16/h4-7H2,1-3H3. The molecule has 16 heavy (non-hydrogen) atoms. The van der Waals surface area contributed by atoms with Crippen LogP contribution in [0.5, 0.6) is 0 Å². The zero-order chi connectivity index (χ0) is 11.9. The minimum absolute atomic E-state index is 0.283. The molecule has 0 aromatic carbocycles. The van der Waals surface area contributed by atoms with Gasteiger partial charge in [-0.15, -0.1) is 0 Å². The molecule has 0 spiro atoms. The van der Waals surface area contributed by atoms with Crippen molar-refractivity contribution in [3.63, 3.8) is 0 Å². The lowest BCUT2D eigenvalue weighted by atomic mass is 9.92. The van der Waals surface area contributed by atoms with Gasteiger partial charge in [-0.25, -0.2) is 4.73 Å². The molecule has 4 heteroatoms. The molecule has 0 N–H and O–H groups in total. The molecule has 0 atom stereocenters. The van der Waals surface area contributed by atoms with E-state index in [-0.39, 0.29) is 5.82 Å². The van der Waals surface area contributed by atoms with E-state index in [1.165, 1.54) is 0 Å². The molecule has 3 nitrogen and oxygen atoms in total. The zero-order valence-electron chi connectivity index (χ0n) is 10.0. The lowest BCUT2D eigenvalue weighted by molar-refractivity contribution is -0.631. The van der Waals surface area contributed by atoms with Gasteiger partial charge in [-0.3, -0.25) is 0 Å². The Morgan fingerprint density at radius 2 is 1.88 bits per heavy atom. The Balaban J connectivity index is 2.63. The molecule has 0 saturated heterocycles. The number of aromatic nitrogens is 2. The molecule has 1 aromatic heterocycles. The Kier molecular flexibility index (Phi) is 2.60. The van der Waals surface area contributed by atoms with Gasteiger partial charge in [0.2, 0.25) is 0 Å². The largest absolute Gasteiger partial charge is 0.711 e. The fourth-order valence-electron chi connectivity index (χ4n) is 2.14. The van der Waals surface area contributed by atoms with Gasteiger partial charge in [0.25, 0.3) is 0 Å². The number of rotatable bonds is 0. The summed E-state index contributed by atoms with van der Waals surface area (Å²) in [5.74, 6) is -0.169. The lowest BCUT2D eigenvalue weighted by Crippen LogP contribution is -2.45. The van der Waals surface area contributed by atoms with Crippen molar-refractivity contribution >= 4 is 0 Å². The molecule has 0 amide bonds. The molecular weight excluding hydrogens is 207 g/mol. The van der Waals surface area contributed by atoms with Crippen LogP contribution in [0.4, 0.5) is 4.39 Å². The lowest BCUT2D eigenvalue weighted by Gasteiger charge is -2.23. The second kappa shape index (κ2) is 3.68. The van der Waals surface area contributed by atoms with Crippen molar-refractivity contribution in [2.45, 2.75) is 51.9 Å². The number of fused-ring (bicyclic) bond motifs is 1. The summed E-state index contributed by atoms with van der Waals surface area (Å²) in [7, 11) is 0. The van der Waals surface area contributed by atoms with Crippen LogP contribution in [0.2, 0.25) is 0 Å². The first-order valence-corrected chi connectivity index (χ1v) is 5.72. The molecule has 88 valence electrons. The maximum absolute atomic E-state index is 13.8. The van der Waals surface area contributed by atoms with Crippen LogP contribution in [-0.4, -0.2) is 4.98 Å². The molecule has 1 aromatic rings. The minimum atomic E-state index is -0.452. The molecule has 0 fully saturated rings. The van der Waals surface area contributed by atoms with Crippen LogP contribution in [0.25, 0.3) is 0 Å². The van der Waals surface area contributed by atoms with Crippen LogP contribution in [0, 0.1) is 11.2 Å². The van der Waals surface area contributed by atoms with E-state index in [2.05, 4.69) is 4.98 Å². The van der Waals surface area contributed by atoms with Crippen molar-refractivity contribution in [3.8, 4) is 0 Å². The highest BCUT2D eigenvalue weighted by Crippen LogP contribution is 2.24. The first-order chi connectivity index (χ1) is 7.41. The van der Waals surface area contributed by atoms with E-state index in [4.69, 9.17) is 0 Å². The van der Waals surface area contributed by atoms with Crippen molar-refractivity contribution < 1.29 is 9.12 Å². The van der Waals surface area contributed by atoms with Gasteiger partial charge in [0.05, 0.1) is 11.0 Å². The van der Waals surface area contributed by atoms with E-state index < -0.39 is 11.4 Å². The number of hydrogen-bond donors (Lipinski definition) is 0. The fraction of sp³-hybridized carbons (Fsp3) is 0.667. The van der Waals surface area contributed by atoms with Crippen LogP contribution >= 0.6 is 0 Å². The molecule has 1 aliphatic carbocycles. The van der Waals surface area contributed by atoms with Gasteiger partial charge < -0.3 is 5.21 Å². The summed E-state index contributed by atoms with van der Waals surface area (Å²) < 4.78 is 14.6. The van der Waals surface area contributed by atoms with Crippen molar-refractivity contribution in [3.05, 3.63) is 28.2 Å². The maximum Gasteiger partial charge on any atom is 0.328 e. The second-order valence-corrected chi connectivity index (χ2v) is 5.40. The molecule has 2 rings (SSSR count). The van der Waals surface area contributed by atoms with Gasteiger partial charge in [0.15, 0.2) is 0 Å². The maximum atomic E-state index is 13.8. The SMILES string of the molecule is CC(C)(C)c1nc(F)c2c([n+]1[O-])CCCC2. The predicted molar refractivity (Wildman–Crippen MR) is 58.5 cm³/mol. The monoisotopic (exact) mass is 224 g/mol. The van der Waals surface area contributed by atoms with Crippen LogP contribution in [0.15, 0.2) is 0 Å². The zero-order valence-corrected chi connectivity index (χ0v) is 10.0. The summed E-state index contributed by atoms with van der Waals surface area (Å²) in [4.78, 5) is 3.84. The van der Waals surface area contributed by atoms with Crippen LogP contribution in [0.3, 0.4) is 0 Å². The highest BCUT2D eigenvalue weighted by Gasteiger charge is 2.32. The Labute approximate surface area is 94.9 Å². The van der Waals surface area contributed by atoms with E-state index in [0.29, 0.717) is 24.1 Å². The third kappa shape index (κ3) is 1.77. The Bertz CT molecular complexity index is 424. The first kappa shape index (κ1) is 11.3. The van der Waals surface area contributed by atoms with Gasteiger partial charge in [-0.05, 0) is 45.0 Å². The Morgan fingerprint density at radius 3 is 2.50 bits per heavy atom. The minimum Gasteiger partial charge on any atom is -0.711 e. The Hall–Kier alpha value is -1.19. The van der Waals surface area contributed by atoms with Crippen LogP contribution in [-0.2, 0) is 18.3 Å². The molecule has 0 bridgehead atoms. The highest BCUT2D eigenvalue weighted by atomic mass is 19.1.